The molecule has 1 N–H and O–H groups in total. The molecule has 0 bridgehead atoms. The summed E-state index contributed by atoms with van der Waals surface area (Å²) in [6.07, 6.45) is -0.525. The van der Waals surface area contributed by atoms with Crippen LogP contribution in [0.3, 0.4) is 0 Å². The van der Waals surface area contributed by atoms with Crippen molar-refractivity contribution in [1.29, 1.82) is 0 Å². The summed E-state index contributed by atoms with van der Waals surface area (Å²) in [6.45, 7) is 2.18. The molecule has 1 aromatic carbocycles. The number of benzene rings is 1. The minimum atomic E-state index is -0.525. The lowest BCUT2D eigenvalue weighted by molar-refractivity contribution is 0.199. The quantitative estimate of drug-likeness (QED) is 0.861. The van der Waals surface area contributed by atoms with Crippen LogP contribution in [0.15, 0.2) is 34.1 Å². The molecule has 2 rings (SSSR count). The van der Waals surface area contributed by atoms with Gasteiger partial charge in [-0.05, 0) is 52.0 Å². The molecule has 2 nitrogen and oxygen atoms in total. The lowest BCUT2D eigenvalue weighted by Gasteiger charge is -2.10. The molecule has 0 aliphatic carbocycles. The standard InChI is InChI=1S/C13H12BrClO2S/c1-8(16)9-2-3-12(11(15)6-9)17-7-13-10(14)4-5-18-13/h2-6,8,16H,7H2,1H3/t8-/m1/s1. The van der Waals surface area contributed by atoms with Crippen molar-refractivity contribution < 1.29 is 9.84 Å². The molecular weight excluding hydrogens is 336 g/mol. The molecule has 5 heteroatoms. The fourth-order valence-corrected chi connectivity index (χ4v) is 3.09. The van der Waals surface area contributed by atoms with E-state index in [1.54, 1.807) is 30.4 Å². The summed E-state index contributed by atoms with van der Waals surface area (Å²) in [5, 5.41) is 12.0. The van der Waals surface area contributed by atoms with E-state index in [1.165, 1.54) is 0 Å². The van der Waals surface area contributed by atoms with Crippen LogP contribution in [0.5, 0.6) is 5.75 Å². The third kappa shape index (κ3) is 3.26. The van der Waals surface area contributed by atoms with Crippen LogP contribution in [0.1, 0.15) is 23.5 Å². The molecule has 0 aliphatic heterocycles. The van der Waals surface area contributed by atoms with Gasteiger partial charge in [-0.3, -0.25) is 0 Å². The highest BCUT2D eigenvalue weighted by molar-refractivity contribution is 9.10. The Hall–Kier alpha value is -0.550. The third-order valence-corrected chi connectivity index (χ3v) is 4.68. The minimum absolute atomic E-state index is 0.478. The van der Waals surface area contributed by atoms with Gasteiger partial charge in [0.15, 0.2) is 0 Å². The van der Waals surface area contributed by atoms with Crippen molar-refractivity contribution in [3.63, 3.8) is 0 Å². The molecule has 0 fully saturated rings. The Bertz CT molecular complexity index is 540. The Morgan fingerprint density at radius 3 is 2.78 bits per heavy atom. The first-order valence-corrected chi connectivity index (χ1v) is 7.45. The predicted molar refractivity (Wildman–Crippen MR) is 78.4 cm³/mol. The van der Waals surface area contributed by atoms with E-state index in [2.05, 4.69) is 15.9 Å². The molecule has 1 aromatic heterocycles. The van der Waals surface area contributed by atoms with Crippen molar-refractivity contribution in [3.05, 3.63) is 49.6 Å². The summed E-state index contributed by atoms with van der Waals surface area (Å²) >= 11 is 11.2. The maximum absolute atomic E-state index is 9.45. The second kappa shape index (κ2) is 6.06. The first-order chi connectivity index (χ1) is 8.58. The van der Waals surface area contributed by atoms with Crippen LogP contribution in [-0.2, 0) is 6.61 Å². The fourth-order valence-electron chi connectivity index (χ4n) is 1.47. The lowest BCUT2D eigenvalue weighted by Crippen LogP contribution is -1.96. The topological polar surface area (TPSA) is 29.5 Å². The number of thiophene rings is 1. The Labute approximate surface area is 123 Å². The molecule has 0 aliphatic rings. The van der Waals surface area contributed by atoms with Crippen LogP contribution in [0.25, 0.3) is 0 Å². The molecule has 0 amide bonds. The summed E-state index contributed by atoms with van der Waals surface area (Å²) < 4.78 is 6.71. The molecule has 18 heavy (non-hydrogen) atoms. The van der Waals surface area contributed by atoms with Gasteiger partial charge in [0.25, 0.3) is 0 Å². The van der Waals surface area contributed by atoms with E-state index in [-0.39, 0.29) is 0 Å². The van der Waals surface area contributed by atoms with E-state index in [1.807, 2.05) is 17.5 Å². The van der Waals surface area contributed by atoms with E-state index in [0.717, 1.165) is 14.9 Å². The first-order valence-electron chi connectivity index (χ1n) is 5.40. The smallest absolute Gasteiger partial charge is 0.138 e. The summed E-state index contributed by atoms with van der Waals surface area (Å²) in [5.74, 6) is 0.626. The Morgan fingerprint density at radius 1 is 1.44 bits per heavy atom. The molecule has 0 saturated heterocycles. The molecule has 2 aromatic rings. The largest absolute Gasteiger partial charge is 0.486 e. The number of hydrogen-bond acceptors (Lipinski definition) is 3. The molecule has 0 spiro atoms. The van der Waals surface area contributed by atoms with Crippen molar-refractivity contribution in [3.8, 4) is 5.75 Å². The number of hydrogen-bond donors (Lipinski definition) is 1. The molecule has 0 unspecified atom stereocenters. The van der Waals surface area contributed by atoms with Crippen molar-refractivity contribution in [1.82, 2.24) is 0 Å². The first kappa shape index (κ1) is 13.9. The Balaban J connectivity index is 2.08. The van der Waals surface area contributed by atoms with Gasteiger partial charge in [0.2, 0.25) is 0 Å². The van der Waals surface area contributed by atoms with E-state index in [4.69, 9.17) is 16.3 Å². The van der Waals surface area contributed by atoms with Gasteiger partial charge in [-0.2, -0.15) is 0 Å². The van der Waals surface area contributed by atoms with Crippen LogP contribution < -0.4 is 4.74 Å². The highest BCUT2D eigenvalue weighted by Gasteiger charge is 2.08. The SMILES string of the molecule is C[C@@H](O)c1ccc(OCc2sccc2Br)c(Cl)c1. The zero-order valence-corrected chi connectivity index (χ0v) is 12.8. The molecule has 1 atom stereocenters. The molecule has 96 valence electrons. The van der Waals surface area contributed by atoms with Gasteiger partial charge in [0, 0.05) is 4.47 Å². The predicted octanol–water partition coefficient (Wildman–Crippen LogP) is 4.80. The van der Waals surface area contributed by atoms with Gasteiger partial charge in [0.05, 0.1) is 16.0 Å². The molecule has 0 radical (unpaired) electrons. The zero-order chi connectivity index (χ0) is 13.1. The summed E-state index contributed by atoms with van der Waals surface area (Å²) in [6, 6.07) is 7.31. The third-order valence-electron chi connectivity index (χ3n) is 2.49. The van der Waals surface area contributed by atoms with Crippen LogP contribution in [0.4, 0.5) is 0 Å². The summed E-state index contributed by atoms with van der Waals surface area (Å²) in [7, 11) is 0. The monoisotopic (exact) mass is 346 g/mol. The maximum Gasteiger partial charge on any atom is 0.138 e. The van der Waals surface area contributed by atoms with Gasteiger partial charge in [-0.15, -0.1) is 11.3 Å². The second-order valence-corrected chi connectivity index (χ2v) is 6.11. The van der Waals surface area contributed by atoms with Crippen LogP contribution in [0, 0.1) is 0 Å². The van der Waals surface area contributed by atoms with E-state index in [0.29, 0.717) is 17.4 Å². The second-order valence-electron chi connectivity index (χ2n) is 3.85. The van der Waals surface area contributed by atoms with E-state index in [9.17, 15) is 5.11 Å². The van der Waals surface area contributed by atoms with Crippen LogP contribution >= 0.6 is 38.9 Å². The number of rotatable bonds is 4. The minimum Gasteiger partial charge on any atom is -0.486 e. The number of ether oxygens (including phenoxy) is 1. The highest BCUT2D eigenvalue weighted by atomic mass is 79.9. The fraction of sp³-hybridized carbons (Fsp3) is 0.231. The summed E-state index contributed by atoms with van der Waals surface area (Å²) in [4.78, 5) is 1.12. The van der Waals surface area contributed by atoms with Crippen molar-refractivity contribution >= 4 is 38.9 Å². The summed E-state index contributed by atoms with van der Waals surface area (Å²) in [5.41, 5.74) is 0.782. The van der Waals surface area contributed by atoms with Gasteiger partial charge >= 0.3 is 0 Å². The lowest BCUT2D eigenvalue weighted by atomic mass is 10.1. The molecule has 1 heterocycles. The van der Waals surface area contributed by atoms with Crippen molar-refractivity contribution in [2.24, 2.45) is 0 Å². The molecule has 0 saturated carbocycles. The number of aliphatic hydroxyl groups excluding tert-OH is 1. The Morgan fingerprint density at radius 2 is 2.22 bits per heavy atom. The highest BCUT2D eigenvalue weighted by Crippen LogP contribution is 2.30. The number of aliphatic hydroxyl groups is 1. The average Bonchev–Trinajstić information content (AvgIpc) is 2.73. The van der Waals surface area contributed by atoms with Gasteiger partial charge in [0.1, 0.15) is 12.4 Å². The molecular formula is C13H12BrClO2S. The van der Waals surface area contributed by atoms with Crippen LogP contribution in [-0.4, -0.2) is 5.11 Å². The zero-order valence-electron chi connectivity index (χ0n) is 9.69. The normalized spacial score (nSPS) is 12.4. The maximum atomic E-state index is 9.45. The number of halogens is 2. The van der Waals surface area contributed by atoms with Crippen molar-refractivity contribution in [2.45, 2.75) is 19.6 Å². The van der Waals surface area contributed by atoms with Gasteiger partial charge in [-0.25, -0.2) is 0 Å². The van der Waals surface area contributed by atoms with E-state index < -0.39 is 6.10 Å². The van der Waals surface area contributed by atoms with E-state index >= 15 is 0 Å². The average molecular weight is 348 g/mol. The van der Waals surface area contributed by atoms with Gasteiger partial charge < -0.3 is 9.84 Å². The van der Waals surface area contributed by atoms with Gasteiger partial charge in [-0.1, -0.05) is 17.7 Å². The Kier molecular flexibility index (Phi) is 4.67. The van der Waals surface area contributed by atoms with Crippen LogP contribution in [0.2, 0.25) is 5.02 Å². The van der Waals surface area contributed by atoms with Crippen molar-refractivity contribution in [2.75, 3.05) is 0 Å².